The monoisotopic (exact) mass is 672 g/mol. The van der Waals surface area contributed by atoms with E-state index in [-0.39, 0.29) is 38.0 Å². The predicted molar refractivity (Wildman–Crippen MR) is 199 cm³/mol. The molecule has 1 N–H and O–H groups in total. The van der Waals surface area contributed by atoms with Gasteiger partial charge in [-0.1, -0.05) is 93.0 Å². The van der Waals surface area contributed by atoms with Crippen LogP contribution in [0.4, 0.5) is 0 Å². The number of aromatic carboxylic acids is 1. The van der Waals surface area contributed by atoms with Crippen molar-refractivity contribution in [1.82, 2.24) is 0 Å². The Morgan fingerprint density at radius 2 is 1.58 bits per heavy atom. The molecule has 264 valence electrons. The second kappa shape index (κ2) is 11.3. The van der Waals surface area contributed by atoms with E-state index in [9.17, 15) is 14.7 Å². The topological polar surface area (TPSA) is 63.6 Å². The van der Waals surface area contributed by atoms with Crippen molar-refractivity contribution in [2.75, 3.05) is 6.61 Å². The van der Waals surface area contributed by atoms with Crippen LogP contribution in [-0.4, -0.2) is 31.8 Å². The van der Waals surface area contributed by atoms with Gasteiger partial charge < -0.3 is 9.53 Å². The number of carbonyl (C=O) groups excluding carboxylic acids is 1. The van der Waals surface area contributed by atoms with Gasteiger partial charge in [0, 0.05) is 18.4 Å². The molecular formula is C43H64O4Si. The number of carbonyl (C=O) groups is 2. The van der Waals surface area contributed by atoms with Crippen LogP contribution in [0.5, 0.6) is 0 Å². The molecule has 3 saturated carbocycles. The van der Waals surface area contributed by atoms with Gasteiger partial charge in [-0.05, 0) is 137 Å². The van der Waals surface area contributed by atoms with Crippen LogP contribution < -0.4 is 0 Å². The molecule has 6 rings (SSSR count). The smallest absolute Gasteiger partial charge is 0.335 e. The van der Waals surface area contributed by atoms with E-state index in [0.29, 0.717) is 42.1 Å². The molecule has 5 heteroatoms. The quantitative estimate of drug-likeness (QED) is 0.306. The Labute approximate surface area is 292 Å². The summed E-state index contributed by atoms with van der Waals surface area (Å²) in [5, 5.41) is 9.63. The molecule has 0 aromatic heterocycles. The molecule has 0 bridgehead atoms. The molecule has 0 saturated heterocycles. The maximum absolute atomic E-state index is 14.0. The summed E-state index contributed by atoms with van der Waals surface area (Å²) in [6, 6.07) is 7.56. The molecule has 0 heterocycles. The fraction of sp³-hybridized carbons (Fsp3) is 0.721. The number of carboxylic acid groups (broad SMARTS) is 1. The second-order valence-electron chi connectivity index (χ2n) is 20.0. The third-order valence-corrected chi connectivity index (χ3v) is 20.6. The number of benzene rings is 1. The molecule has 1 aromatic rings. The van der Waals surface area contributed by atoms with E-state index < -0.39 is 14.3 Å². The first kappa shape index (κ1) is 35.8. The van der Waals surface area contributed by atoms with Gasteiger partial charge in [-0.25, -0.2) is 4.79 Å². The summed E-state index contributed by atoms with van der Waals surface area (Å²) < 4.78 is 7.05. The van der Waals surface area contributed by atoms with Crippen molar-refractivity contribution in [3.05, 3.63) is 52.6 Å². The summed E-state index contributed by atoms with van der Waals surface area (Å²) >= 11 is 0. The van der Waals surface area contributed by atoms with Gasteiger partial charge in [-0.15, -0.1) is 0 Å². The number of allylic oxidation sites excluding steroid dienone is 3. The first-order valence-corrected chi connectivity index (χ1v) is 21.9. The Kier molecular flexibility index (Phi) is 8.40. The summed E-state index contributed by atoms with van der Waals surface area (Å²) in [7, 11) is -1.98. The summed E-state index contributed by atoms with van der Waals surface area (Å²) in [5.74, 6) is 1.39. The molecule has 0 amide bonds. The Morgan fingerprint density at radius 3 is 2.17 bits per heavy atom. The van der Waals surface area contributed by atoms with Gasteiger partial charge in [0.1, 0.15) is 0 Å². The number of ketones is 1. The third kappa shape index (κ3) is 4.97. The highest BCUT2D eigenvalue weighted by Gasteiger charge is 2.69. The summed E-state index contributed by atoms with van der Waals surface area (Å²) in [5.41, 5.74) is 5.96. The molecule has 0 radical (unpaired) electrons. The highest BCUT2D eigenvalue weighted by molar-refractivity contribution is 6.74. The van der Waals surface area contributed by atoms with Crippen LogP contribution in [0, 0.1) is 50.7 Å². The molecule has 3 fully saturated rings. The number of hydrogen-bond acceptors (Lipinski definition) is 3. The number of rotatable bonds is 6. The average molecular weight is 673 g/mol. The first-order valence-electron chi connectivity index (χ1n) is 19.0. The SMILES string of the molecule is CC(C)C1=C2[C@H]3CC[C@@H]4[C@@]5(C)CC=C(c6ccc(C(=O)O)cc6)C(C)(C)[C@@H]5CC[C@@]4(C)[C@]3(C)CC[C@@]2(CO[Si](C)(C)C(C)(C)C)CC1=O. The normalized spacial score (nSPS) is 37.8. The van der Waals surface area contributed by atoms with E-state index in [1.54, 1.807) is 12.1 Å². The van der Waals surface area contributed by atoms with Gasteiger partial charge in [0.25, 0.3) is 0 Å². The summed E-state index contributed by atoms with van der Waals surface area (Å²) in [4.78, 5) is 25.6. The van der Waals surface area contributed by atoms with Gasteiger partial charge in [0.05, 0.1) is 5.56 Å². The highest BCUT2D eigenvalue weighted by Crippen LogP contribution is 2.77. The number of fused-ring (bicyclic) bond motifs is 7. The van der Waals surface area contributed by atoms with E-state index in [4.69, 9.17) is 4.43 Å². The van der Waals surface area contributed by atoms with Crippen LogP contribution in [0.3, 0.4) is 0 Å². The molecule has 48 heavy (non-hydrogen) atoms. The molecule has 7 atom stereocenters. The van der Waals surface area contributed by atoms with Crippen LogP contribution in [0.15, 0.2) is 41.5 Å². The van der Waals surface area contributed by atoms with Gasteiger partial charge >= 0.3 is 5.97 Å². The van der Waals surface area contributed by atoms with Crippen molar-refractivity contribution in [3.8, 4) is 0 Å². The van der Waals surface area contributed by atoms with Crippen molar-refractivity contribution in [3.63, 3.8) is 0 Å². The van der Waals surface area contributed by atoms with Crippen molar-refractivity contribution in [1.29, 1.82) is 0 Å². The van der Waals surface area contributed by atoms with Crippen LogP contribution >= 0.6 is 0 Å². The lowest BCUT2D eigenvalue weighted by molar-refractivity contribution is -0.197. The Hall–Kier alpha value is -1.98. The van der Waals surface area contributed by atoms with Crippen molar-refractivity contribution in [2.24, 2.45) is 50.7 Å². The largest absolute Gasteiger partial charge is 0.478 e. The zero-order valence-electron chi connectivity index (χ0n) is 32.2. The zero-order valence-corrected chi connectivity index (χ0v) is 33.2. The predicted octanol–water partition coefficient (Wildman–Crippen LogP) is 11.4. The number of hydrogen-bond donors (Lipinski definition) is 1. The molecule has 5 aliphatic carbocycles. The summed E-state index contributed by atoms with van der Waals surface area (Å²) in [6.07, 6.45) is 11.3. The van der Waals surface area contributed by atoms with E-state index in [0.717, 1.165) is 18.4 Å². The maximum Gasteiger partial charge on any atom is 0.335 e. The zero-order chi connectivity index (χ0) is 35.5. The minimum absolute atomic E-state index is 0.00909. The molecular weight excluding hydrogens is 609 g/mol. The summed E-state index contributed by atoms with van der Waals surface area (Å²) in [6.45, 7) is 29.7. The van der Waals surface area contributed by atoms with Gasteiger partial charge in [-0.2, -0.15) is 0 Å². The number of Topliss-reactive ketones (excluding diaryl/α,β-unsaturated/α-hetero) is 1. The average Bonchev–Trinajstić information content (AvgIpc) is 3.28. The molecule has 0 spiro atoms. The second-order valence-corrected chi connectivity index (χ2v) is 24.8. The molecule has 5 aliphatic rings. The van der Waals surface area contributed by atoms with Crippen molar-refractivity contribution < 1.29 is 19.1 Å². The molecule has 0 unspecified atom stereocenters. The molecule has 4 nitrogen and oxygen atoms in total. The van der Waals surface area contributed by atoms with Crippen LogP contribution in [0.2, 0.25) is 18.1 Å². The van der Waals surface area contributed by atoms with E-state index in [2.05, 4.69) is 88.4 Å². The molecule has 1 aromatic carbocycles. The fourth-order valence-corrected chi connectivity index (χ4v) is 13.4. The Morgan fingerprint density at radius 1 is 0.938 bits per heavy atom. The van der Waals surface area contributed by atoms with Gasteiger partial charge in [-0.3, -0.25) is 4.79 Å². The van der Waals surface area contributed by atoms with Gasteiger partial charge in [0.15, 0.2) is 14.1 Å². The van der Waals surface area contributed by atoms with Gasteiger partial charge in [0.2, 0.25) is 0 Å². The number of carboxylic acids is 1. The van der Waals surface area contributed by atoms with E-state index >= 15 is 0 Å². The third-order valence-electron chi connectivity index (χ3n) is 16.1. The lowest BCUT2D eigenvalue weighted by atomic mass is 9.33. The van der Waals surface area contributed by atoms with Crippen molar-refractivity contribution in [2.45, 2.75) is 139 Å². The minimum atomic E-state index is -1.98. The minimum Gasteiger partial charge on any atom is -0.478 e. The lowest BCUT2D eigenvalue weighted by Crippen LogP contribution is -2.64. The maximum atomic E-state index is 14.0. The Bertz CT molecular complexity index is 1560. The van der Waals surface area contributed by atoms with E-state index in [1.807, 2.05) is 12.1 Å². The standard InChI is InChI=1S/C43H64O4Si/c1-27(2)35-32(44)25-43(26-47-48(11,12)38(3,4)5)24-23-41(9)31(36(35)43)17-18-34-40(8)21-19-30(28-13-15-29(16-14-28)37(45)46)39(6,7)33(40)20-22-42(34,41)10/h13-16,19,27,31,33-34H,17-18,20-26H2,1-12H3,(H,45,46)/t31-,33+,34-,40+,41-,42-,43+/m1/s1. The fourth-order valence-electron chi connectivity index (χ4n) is 12.3. The highest BCUT2D eigenvalue weighted by atomic mass is 28.4. The van der Waals surface area contributed by atoms with Crippen molar-refractivity contribution >= 4 is 25.6 Å². The van der Waals surface area contributed by atoms with Crippen LogP contribution in [0.1, 0.15) is 137 Å². The van der Waals surface area contributed by atoms with E-state index in [1.165, 1.54) is 48.8 Å². The lowest BCUT2D eigenvalue weighted by Gasteiger charge is -2.71. The van der Waals surface area contributed by atoms with Crippen LogP contribution in [-0.2, 0) is 9.22 Å². The molecule has 0 aliphatic heterocycles. The Balaban J connectivity index is 1.37. The first-order chi connectivity index (χ1) is 22.1. The van der Waals surface area contributed by atoms with Crippen LogP contribution in [0.25, 0.3) is 5.57 Å².